The molecule has 2 rings (SSSR count). The van der Waals surface area contributed by atoms with Crippen molar-refractivity contribution < 1.29 is 24.0 Å². The first-order valence-corrected chi connectivity index (χ1v) is 9.04. The van der Waals surface area contributed by atoms with Crippen molar-refractivity contribution in [3.8, 4) is 5.75 Å². The topological polar surface area (TPSA) is 108 Å². The molecule has 156 valence electrons. The van der Waals surface area contributed by atoms with Crippen molar-refractivity contribution in [2.45, 2.75) is 13.8 Å². The first-order valence-electron chi connectivity index (χ1n) is 9.04. The van der Waals surface area contributed by atoms with Gasteiger partial charge >= 0.3 is 5.97 Å². The zero-order valence-electron chi connectivity index (χ0n) is 16.7. The quantitative estimate of drug-likeness (QED) is 0.220. The first-order chi connectivity index (χ1) is 14.3. The Hall–Kier alpha value is -3.94. The smallest absolute Gasteiger partial charge is 0.331 e. The van der Waals surface area contributed by atoms with Crippen LogP contribution < -0.4 is 10.1 Å². The number of hydrogen-bond donors (Lipinski definition) is 1. The van der Waals surface area contributed by atoms with E-state index in [1.807, 2.05) is 0 Å². The van der Waals surface area contributed by atoms with E-state index in [1.54, 1.807) is 44.2 Å². The van der Waals surface area contributed by atoms with Crippen molar-refractivity contribution in [1.29, 1.82) is 0 Å². The highest BCUT2D eigenvalue weighted by molar-refractivity contribution is 5.96. The maximum Gasteiger partial charge on any atom is 0.331 e. The molecule has 0 aliphatic carbocycles. The fourth-order valence-electron chi connectivity index (χ4n) is 2.42. The Morgan fingerprint density at radius 2 is 1.83 bits per heavy atom. The number of nitro benzene ring substituents is 1. The third-order valence-corrected chi connectivity index (χ3v) is 4.09. The van der Waals surface area contributed by atoms with Crippen LogP contribution in [0.25, 0.3) is 6.08 Å². The van der Waals surface area contributed by atoms with Gasteiger partial charge in [0.05, 0.1) is 4.92 Å². The van der Waals surface area contributed by atoms with Crippen LogP contribution in [0.5, 0.6) is 5.75 Å². The molecule has 8 nitrogen and oxygen atoms in total. The number of carbonyl (C=O) groups excluding carboxylic acids is 2. The summed E-state index contributed by atoms with van der Waals surface area (Å²) in [6.45, 7) is 6.91. The summed E-state index contributed by atoms with van der Waals surface area (Å²) in [6.07, 6.45) is 4.36. The number of amides is 1. The van der Waals surface area contributed by atoms with Crippen LogP contribution in [0, 0.1) is 24.0 Å². The molecule has 1 N–H and O–H groups in total. The number of hydrogen-bond acceptors (Lipinski definition) is 6. The van der Waals surface area contributed by atoms with Crippen LogP contribution in [-0.2, 0) is 14.3 Å². The van der Waals surface area contributed by atoms with Gasteiger partial charge in [-0.05, 0) is 54.8 Å². The van der Waals surface area contributed by atoms with Crippen molar-refractivity contribution in [2.24, 2.45) is 0 Å². The molecule has 1 amide bonds. The van der Waals surface area contributed by atoms with Crippen molar-refractivity contribution in [3.63, 3.8) is 0 Å². The highest BCUT2D eigenvalue weighted by Gasteiger charge is 2.18. The molecule has 8 heteroatoms. The van der Waals surface area contributed by atoms with E-state index in [0.717, 1.165) is 16.7 Å². The number of nitrogens with one attached hydrogen (secondary N) is 1. The number of benzene rings is 2. The van der Waals surface area contributed by atoms with Gasteiger partial charge in [0, 0.05) is 12.1 Å². The number of ether oxygens (including phenoxy) is 2. The molecule has 0 aromatic heterocycles. The molecule has 2 aromatic carbocycles. The molecule has 30 heavy (non-hydrogen) atoms. The van der Waals surface area contributed by atoms with Crippen molar-refractivity contribution in [2.75, 3.05) is 18.5 Å². The van der Waals surface area contributed by atoms with Crippen molar-refractivity contribution in [3.05, 3.63) is 81.9 Å². The van der Waals surface area contributed by atoms with Gasteiger partial charge in [-0.25, -0.2) is 4.79 Å². The molecule has 0 atom stereocenters. The lowest BCUT2D eigenvalue weighted by atomic mass is 10.1. The third-order valence-electron chi connectivity index (χ3n) is 4.09. The molecular formula is C22H22N2O6. The highest BCUT2D eigenvalue weighted by atomic mass is 16.6. The Balaban J connectivity index is 1.90. The summed E-state index contributed by atoms with van der Waals surface area (Å²) >= 11 is 0. The standard InChI is InChI=1S/C22H22N2O6/c1-4-11-29-18-8-5-17(6-9-18)7-10-22(26)30-14-21(25)23-19-12-15(2)16(3)13-20(19)24(27)28/h4-10,12-13H,1,11,14H2,2-3H3,(H,23,25)/b10-7+. The second-order valence-electron chi connectivity index (χ2n) is 6.37. The minimum Gasteiger partial charge on any atom is -0.490 e. The average Bonchev–Trinajstić information content (AvgIpc) is 2.72. The molecule has 0 heterocycles. The van der Waals surface area contributed by atoms with E-state index < -0.39 is 23.4 Å². The predicted molar refractivity (Wildman–Crippen MR) is 113 cm³/mol. The first kappa shape index (κ1) is 22.4. The Labute approximate surface area is 174 Å². The van der Waals surface area contributed by atoms with Gasteiger partial charge in [-0.1, -0.05) is 24.8 Å². The lowest BCUT2D eigenvalue weighted by Gasteiger charge is -2.09. The van der Waals surface area contributed by atoms with Gasteiger partial charge in [-0.2, -0.15) is 0 Å². The molecule has 0 saturated heterocycles. The van der Waals surface area contributed by atoms with Gasteiger partial charge < -0.3 is 14.8 Å². The van der Waals surface area contributed by atoms with Crippen molar-refractivity contribution in [1.82, 2.24) is 0 Å². The highest BCUT2D eigenvalue weighted by Crippen LogP contribution is 2.27. The largest absolute Gasteiger partial charge is 0.490 e. The molecule has 0 aliphatic heterocycles. The molecule has 0 unspecified atom stereocenters. The number of rotatable bonds is 9. The summed E-state index contributed by atoms with van der Waals surface area (Å²) in [4.78, 5) is 34.4. The molecule has 0 aliphatic rings. The van der Waals surface area contributed by atoms with Crippen LogP contribution in [0.15, 0.2) is 55.1 Å². The van der Waals surface area contributed by atoms with Gasteiger partial charge in [0.25, 0.3) is 11.6 Å². The van der Waals surface area contributed by atoms with E-state index >= 15 is 0 Å². The number of nitro groups is 1. The molecule has 0 spiro atoms. The zero-order valence-corrected chi connectivity index (χ0v) is 16.7. The number of carbonyl (C=O) groups is 2. The van der Waals surface area contributed by atoms with E-state index in [-0.39, 0.29) is 11.4 Å². The van der Waals surface area contributed by atoms with E-state index in [1.165, 1.54) is 24.3 Å². The summed E-state index contributed by atoms with van der Waals surface area (Å²) in [5, 5.41) is 13.6. The van der Waals surface area contributed by atoms with Crippen molar-refractivity contribution >= 4 is 29.3 Å². The Morgan fingerprint density at radius 1 is 1.17 bits per heavy atom. The molecule has 0 bridgehead atoms. The van der Waals surface area contributed by atoms with E-state index in [0.29, 0.717) is 12.4 Å². The minimum absolute atomic E-state index is 0.0541. The number of anilines is 1. The molecule has 0 fully saturated rings. The zero-order chi connectivity index (χ0) is 22.1. The SMILES string of the molecule is C=CCOc1ccc(/C=C/C(=O)OCC(=O)Nc2cc(C)c(C)cc2[N+](=O)[O-])cc1. The van der Waals surface area contributed by atoms with Crippen LogP contribution in [0.1, 0.15) is 16.7 Å². The summed E-state index contributed by atoms with van der Waals surface area (Å²) < 4.78 is 10.3. The molecular weight excluding hydrogens is 388 g/mol. The Kier molecular flexibility index (Phi) is 7.87. The van der Waals surface area contributed by atoms with E-state index in [4.69, 9.17) is 9.47 Å². The maximum absolute atomic E-state index is 12.0. The number of aryl methyl sites for hydroxylation is 2. The number of nitrogens with zero attached hydrogens (tertiary/aromatic N) is 1. The second-order valence-corrected chi connectivity index (χ2v) is 6.37. The fraction of sp³-hybridized carbons (Fsp3) is 0.182. The van der Waals surface area contributed by atoms with Gasteiger partial charge in [0.15, 0.2) is 6.61 Å². The van der Waals surface area contributed by atoms with Gasteiger partial charge in [-0.15, -0.1) is 0 Å². The van der Waals surface area contributed by atoms with Gasteiger partial charge in [0.1, 0.15) is 18.0 Å². The molecule has 0 radical (unpaired) electrons. The minimum atomic E-state index is -0.716. The maximum atomic E-state index is 12.0. The van der Waals surface area contributed by atoms with Crippen LogP contribution >= 0.6 is 0 Å². The normalized spacial score (nSPS) is 10.5. The summed E-state index contributed by atoms with van der Waals surface area (Å²) in [6, 6.07) is 9.90. The lowest BCUT2D eigenvalue weighted by Crippen LogP contribution is -2.20. The Morgan fingerprint density at radius 3 is 2.47 bits per heavy atom. The van der Waals surface area contributed by atoms with E-state index in [9.17, 15) is 19.7 Å². The monoisotopic (exact) mass is 410 g/mol. The summed E-state index contributed by atoms with van der Waals surface area (Å²) in [5.74, 6) is -0.717. The van der Waals surface area contributed by atoms with Crippen LogP contribution in [-0.4, -0.2) is 30.0 Å². The Bertz CT molecular complexity index is 980. The fourth-order valence-corrected chi connectivity index (χ4v) is 2.42. The van der Waals surface area contributed by atoms with E-state index in [2.05, 4.69) is 11.9 Å². The molecule has 2 aromatic rings. The second kappa shape index (κ2) is 10.6. The molecule has 0 saturated carbocycles. The van der Waals surface area contributed by atoms with Crippen LogP contribution in [0.3, 0.4) is 0 Å². The number of esters is 1. The van der Waals surface area contributed by atoms with Crippen LogP contribution in [0.2, 0.25) is 0 Å². The van der Waals surface area contributed by atoms with Gasteiger partial charge in [0.2, 0.25) is 0 Å². The predicted octanol–water partition coefficient (Wildman–Crippen LogP) is 3.97. The third kappa shape index (κ3) is 6.59. The average molecular weight is 410 g/mol. The lowest BCUT2D eigenvalue weighted by molar-refractivity contribution is -0.384. The van der Waals surface area contributed by atoms with Crippen LogP contribution in [0.4, 0.5) is 11.4 Å². The van der Waals surface area contributed by atoms with Gasteiger partial charge in [-0.3, -0.25) is 14.9 Å². The summed E-state index contributed by atoms with van der Waals surface area (Å²) in [5.41, 5.74) is 2.10. The summed E-state index contributed by atoms with van der Waals surface area (Å²) in [7, 11) is 0.